The standard InChI is InChI=1S/C3H7FO3S.ClH/c4-2-1-3-8(5,6)7;/h1-3H2,(H,5,6,7);1H. The second kappa shape index (κ2) is 4.96. The molecule has 0 radical (unpaired) electrons. The molecule has 0 spiro atoms. The van der Waals surface area contributed by atoms with Gasteiger partial charge >= 0.3 is 0 Å². The van der Waals surface area contributed by atoms with Crippen LogP contribution in [0.3, 0.4) is 0 Å². The van der Waals surface area contributed by atoms with Crippen molar-refractivity contribution in [3.05, 3.63) is 0 Å². The molecule has 0 saturated carbocycles. The Hall–Kier alpha value is 0.130. The van der Waals surface area contributed by atoms with Crippen molar-refractivity contribution in [1.29, 1.82) is 0 Å². The van der Waals surface area contributed by atoms with E-state index in [1.54, 1.807) is 0 Å². The summed E-state index contributed by atoms with van der Waals surface area (Å²) in [6.45, 7) is -0.709. The van der Waals surface area contributed by atoms with Gasteiger partial charge in [-0.3, -0.25) is 8.94 Å². The first-order valence-electron chi connectivity index (χ1n) is 2.07. The van der Waals surface area contributed by atoms with Crippen molar-refractivity contribution in [2.75, 3.05) is 12.4 Å². The maximum absolute atomic E-state index is 11.1. The molecule has 0 aliphatic rings. The van der Waals surface area contributed by atoms with Gasteiger partial charge in [0.05, 0.1) is 12.4 Å². The Balaban J connectivity index is 0. The first-order valence-corrected chi connectivity index (χ1v) is 3.68. The summed E-state index contributed by atoms with van der Waals surface area (Å²) in [4.78, 5) is 0. The summed E-state index contributed by atoms with van der Waals surface area (Å²) in [5.41, 5.74) is 0. The molecule has 0 aromatic rings. The van der Waals surface area contributed by atoms with Crippen LogP contribution < -0.4 is 0 Å². The zero-order valence-corrected chi connectivity index (χ0v) is 6.21. The van der Waals surface area contributed by atoms with E-state index < -0.39 is 22.5 Å². The molecule has 0 bridgehead atoms. The third kappa shape index (κ3) is 11.6. The summed E-state index contributed by atoms with van der Waals surface area (Å²) >= 11 is 0. The molecule has 58 valence electrons. The van der Waals surface area contributed by atoms with Gasteiger partial charge in [-0.05, 0) is 6.42 Å². The topological polar surface area (TPSA) is 54.4 Å². The van der Waals surface area contributed by atoms with Crippen LogP contribution in [0.2, 0.25) is 0 Å². The molecule has 0 aromatic carbocycles. The lowest BCUT2D eigenvalue weighted by Gasteiger charge is -1.88. The molecule has 0 rings (SSSR count). The summed E-state index contributed by atoms with van der Waals surface area (Å²) in [7, 11) is -3.93. The van der Waals surface area contributed by atoms with Crippen LogP contribution in [0.5, 0.6) is 0 Å². The van der Waals surface area contributed by atoms with Gasteiger partial charge in [-0.25, -0.2) is 0 Å². The first kappa shape index (κ1) is 11.9. The zero-order chi connectivity index (χ0) is 6.62. The fourth-order valence-electron chi connectivity index (χ4n) is 0.237. The molecule has 3 nitrogen and oxygen atoms in total. The summed E-state index contributed by atoms with van der Waals surface area (Å²) in [5, 5.41) is 0. The molecular weight excluding hydrogens is 171 g/mol. The van der Waals surface area contributed by atoms with Gasteiger partial charge in [-0.2, -0.15) is 8.42 Å². The number of hydrogen-bond acceptors (Lipinski definition) is 2. The molecule has 6 heteroatoms. The lowest BCUT2D eigenvalue weighted by molar-refractivity contribution is 0.457. The molecule has 0 aliphatic heterocycles. The van der Waals surface area contributed by atoms with Gasteiger partial charge < -0.3 is 0 Å². The van der Waals surface area contributed by atoms with Crippen molar-refractivity contribution < 1.29 is 17.4 Å². The maximum atomic E-state index is 11.1. The molecule has 9 heavy (non-hydrogen) atoms. The monoisotopic (exact) mass is 178 g/mol. The Morgan fingerprint density at radius 1 is 1.44 bits per heavy atom. The van der Waals surface area contributed by atoms with Crippen LogP contribution in [0.1, 0.15) is 6.42 Å². The molecule has 0 amide bonds. The summed E-state index contributed by atoms with van der Waals surface area (Å²) in [5.74, 6) is -0.483. The molecule has 1 N–H and O–H groups in total. The van der Waals surface area contributed by atoms with Gasteiger partial charge in [-0.1, -0.05) is 0 Å². The predicted molar refractivity (Wildman–Crippen MR) is 34.3 cm³/mol. The van der Waals surface area contributed by atoms with Gasteiger partial charge in [-0.15, -0.1) is 12.4 Å². The fourth-order valence-corrected chi connectivity index (χ4v) is 0.711. The van der Waals surface area contributed by atoms with Crippen molar-refractivity contribution in [3.8, 4) is 0 Å². The molecular formula is C3H8ClFO3S. The highest BCUT2D eigenvalue weighted by molar-refractivity contribution is 7.85. The van der Waals surface area contributed by atoms with E-state index in [0.29, 0.717) is 0 Å². The van der Waals surface area contributed by atoms with Gasteiger partial charge in [0.2, 0.25) is 0 Å². The molecule has 0 aromatic heterocycles. The minimum absolute atomic E-state index is 0. The van der Waals surface area contributed by atoms with Crippen LogP contribution in [0, 0.1) is 0 Å². The third-order valence-corrected chi connectivity index (χ3v) is 1.34. The largest absolute Gasteiger partial charge is 0.286 e. The van der Waals surface area contributed by atoms with Crippen molar-refractivity contribution in [1.82, 2.24) is 0 Å². The van der Waals surface area contributed by atoms with Gasteiger partial charge in [0, 0.05) is 0 Å². The number of halogens is 2. The highest BCUT2D eigenvalue weighted by Crippen LogP contribution is 1.87. The third-order valence-electron chi connectivity index (χ3n) is 0.536. The Kier molecular flexibility index (Phi) is 6.54. The molecule has 0 unspecified atom stereocenters. The van der Waals surface area contributed by atoms with E-state index in [9.17, 15) is 12.8 Å². The SMILES string of the molecule is Cl.O=S(=O)(O)CCCF. The minimum Gasteiger partial charge on any atom is -0.286 e. The fraction of sp³-hybridized carbons (Fsp3) is 1.00. The highest BCUT2D eigenvalue weighted by Gasteiger charge is 2.01. The van der Waals surface area contributed by atoms with E-state index in [4.69, 9.17) is 4.55 Å². The Bertz CT molecular complexity index is 143. The van der Waals surface area contributed by atoms with E-state index in [-0.39, 0.29) is 18.8 Å². The number of hydrogen-bond donors (Lipinski definition) is 1. The van der Waals surface area contributed by atoms with E-state index >= 15 is 0 Å². The van der Waals surface area contributed by atoms with E-state index in [2.05, 4.69) is 0 Å². The summed E-state index contributed by atoms with van der Waals surface area (Å²) in [6, 6.07) is 0. The Labute approximate surface area is 59.4 Å². The quantitative estimate of drug-likeness (QED) is 0.646. The van der Waals surface area contributed by atoms with Crippen LogP contribution in [-0.4, -0.2) is 25.4 Å². The summed E-state index contributed by atoms with van der Waals surface area (Å²) < 4.78 is 38.7. The van der Waals surface area contributed by atoms with E-state index in [0.717, 1.165) is 0 Å². The van der Waals surface area contributed by atoms with Crippen LogP contribution in [0.4, 0.5) is 4.39 Å². The van der Waals surface area contributed by atoms with Crippen molar-refractivity contribution in [3.63, 3.8) is 0 Å². The number of alkyl halides is 1. The molecule has 0 atom stereocenters. The minimum atomic E-state index is -3.93. The first-order chi connectivity index (χ1) is 3.56. The zero-order valence-electron chi connectivity index (χ0n) is 4.58. The van der Waals surface area contributed by atoms with E-state index in [1.165, 1.54) is 0 Å². The lowest BCUT2D eigenvalue weighted by Crippen LogP contribution is -2.03. The van der Waals surface area contributed by atoms with Crippen molar-refractivity contribution in [2.45, 2.75) is 6.42 Å². The molecule has 0 fully saturated rings. The van der Waals surface area contributed by atoms with Crippen LogP contribution in [0.15, 0.2) is 0 Å². The predicted octanol–water partition coefficient (Wildman–Crippen LogP) is 0.656. The Morgan fingerprint density at radius 3 is 2.00 bits per heavy atom. The molecule has 0 aliphatic carbocycles. The van der Waals surface area contributed by atoms with Crippen molar-refractivity contribution >= 4 is 22.5 Å². The Morgan fingerprint density at radius 2 is 1.89 bits per heavy atom. The van der Waals surface area contributed by atoms with Crippen LogP contribution in [0.25, 0.3) is 0 Å². The molecule has 0 saturated heterocycles. The number of rotatable bonds is 3. The van der Waals surface area contributed by atoms with E-state index in [1.807, 2.05) is 0 Å². The normalized spacial score (nSPS) is 10.4. The average Bonchev–Trinajstić information content (AvgIpc) is 1.59. The van der Waals surface area contributed by atoms with Gasteiger partial charge in [0.25, 0.3) is 10.1 Å². The summed E-state index contributed by atoms with van der Waals surface area (Å²) in [6.07, 6.45) is -0.126. The maximum Gasteiger partial charge on any atom is 0.264 e. The van der Waals surface area contributed by atoms with Gasteiger partial charge in [0.15, 0.2) is 0 Å². The van der Waals surface area contributed by atoms with Crippen LogP contribution in [-0.2, 0) is 10.1 Å². The van der Waals surface area contributed by atoms with Crippen molar-refractivity contribution in [2.24, 2.45) is 0 Å². The van der Waals surface area contributed by atoms with Crippen LogP contribution >= 0.6 is 12.4 Å². The smallest absolute Gasteiger partial charge is 0.264 e. The average molecular weight is 179 g/mol. The lowest BCUT2D eigenvalue weighted by atomic mass is 10.6. The second-order valence-corrected chi connectivity index (χ2v) is 2.90. The van der Waals surface area contributed by atoms with Gasteiger partial charge in [0.1, 0.15) is 0 Å². The highest BCUT2D eigenvalue weighted by atomic mass is 35.5. The second-order valence-electron chi connectivity index (χ2n) is 1.33. The molecule has 0 heterocycles.